The lowest BCUT2D eigenvalue weighted by molar-refractivity contribution is 0.132. The zero-order chi connectivity index (χ0) is 20.5. The summed E-state index contributed by atoms with van der Waals surface area (Å²) in [4.78, 5) is 21.2. The third kappa shape index (κ3) is 4.11. The normalized spacial score (nSPS) is 15.1. The molecular formula is C22H24N6O2. The van der Waals surface area contributed by atoms with Gasteiger partial charge in [-0.3, -0.25) is 14.5 Å². The van der Waals surface area contributed by atoms with Crippen LogP contribution in [0.1, 0.15) is 36.0 Å². The first-order valence-corrected chi connectivity index (χ1v) is 10.2. The first-order valence-electron chi connectivity index (χ1n) is 10.2. The van der Waals surface area contributed by atoms with Gasteiger partial charge in [-0.25, -0.2) is 9.97 Å². The molecule has 0 saturated heterocycles. The van der Waals surface area contributed by atoms with Crippen LogP contribution >= 0.6 is 0 Å². The van der Waals surface area contributed by atoms with Crippen LogP contribution in [0.2, 0.25) is 0 Å². The van der Waals surface area contributed by atoms with Crippen molar-refractivity contribution < 1.29 is 5.11 Å². The summed E-state index contributed by atoms with van der Waals surface area (Å²) in [6.45, 7) is 2.29. The first-order chi connectivity index (χ1) is 14.7. The van der Waals surface area contributed by atoms with E-state index in [1.54, 1.807) is 24.4 Å². The minimum absolute atomic E-state index is 0.230. The molecule has 0 aliphatic heterocycles. The Bertz CT molecular complexity index is 1240. The van der Waals surface area contributed by atoms with Gasteiger partial charge < -0.3 is 14.8 Å². The van der Waals surface area contributed by atoms with Gasteiger partial charge in [0.1, 0.15) is 17.5 Å². The number of pyridine rings is 2. The zero-order valence-corrected chi connectivity index (χ0v) is 16.5. The maximum Gasteiger partial charge on any atom is 0.258 e. The predicted molar refractivity (Wildman–Crippen MR) is 113 cm³/mol. The number of aliphatic hydroxyl groups is 1. The summed E-state index contributed by atoms with van der Waals surface area (Å²) in [5, 5.41) is 17.0. The van der Waals surface area contributed by atoms with Crippen LogP contribution in [0.15, 0.2) is 59.8 Å². The van der Waals surface area contributed by atoms with Gasteiger partial charge in [-0.15, -0.1) is 0 Å². The minimum Gasteiger partial charge on any atom is -0.373 e. The molecule has 4 aromatic heterocycles. The molecule has 8 nitrogen and oxygen atoms in total. The molecule has 1 aliphatic rings. The van der Waals surface area contributed by atoms with Crippen LogP contribution in [0, 0.1) is 5.92 Å². The Morgan fingerprint density at radius 2 is 2.00 bits per heavy atom. The molecule has 1 saturated carbocycles. The van der Waals surface area contributed by atoms with Crippen LogP contribution in [0.4, 0.5) is 0 Å². The van der Waals surface area contributed by atoms with Crippen molar-refractivity contribution >= 4 is 11.3 Å². The minimum atomic E-state index is -1.06. The van der Waals surface area contributed by atoms with Gasteiger partial charge >= 0.3 is 0 Å². The Morgan fingerprint density at radius 3 is 2.87 bits per heavy atom. The molecule has 4 aromatic rings. The maximum atomic E-state index is 12.2. The number of hydrogen-bond acceptors (Lipinski definition) is 6. The van der Waals surface area contributed by atoms with Crippen molar-refractivity contribution in [2.24, 2.45) is 5.92 Å². The van der Waals surface area contributed by atoms with Crippen molar-refractivity contribution in [1.82, 2.24) is 29.4 Å². The number of rotatable bonds is 8. The van der Waals surface area contributed by atoms with Crippen molar-refractivity contribution in [3.63, 3.8) is 0 Å². The number of nitrogens with zero attached hydrogens (tertiary/aromatic N) is 4. The average molecular weight is 404 g/mol. The lowest BCUT2D eigenvalue weighted by Crippen LogP contribution is -2.25. The Kier molecular flexibility index (Phi) is 5.04. The molecule has 4 heterocycles. The van der Waals surface area contributed by atoms with E-state index in [0.717, 1.165) is 30.3 Å². The van der Waals surface area contributed by atoms with E-state index in [2.05, 4.69) is 32.9 Å². The van der Waals surface area contributed by atoms with Gasteiger partial charge in [-0.1, -0.05) is 12.1 Å². The zero-order valence-electron chi connectivity index (χ0n) is 16.5. The topological polar surface area (TPSA) is 96.0 Å². The van der Waals surface area contributed by atoms with Gasteiger partial charge in [0, 0.05) is 37.7 Å². The number of hydrogen-bond donors (Lipinski definition) is 3. The van der Waals surface area contributed by atoms with E-state index in [1.807, 2.05) is 16.7 Å². The van der Waals surface area contributed by atoms with Crippen LogP contribution in [-0.4, -0.2) is 30.4 Å². The molecule has 8 heteroatoms. The fourth-order valence-corrected chi connectivity index (χ4v) is 3.54. The molecule has 1 unspecified atom stereocenters. The molecule has 154 valence electrons. The molecule has 0 amide bonds. The van der Waals surface area contributed by atoms with Crippen molar-refractivity contribution in [2.45, 2.75) is 32.2 Å². The number of aliphatic hydroxyl groups excluding tert-OH is 1. The molecule has 0 bridgehead atoms. The first kappa shape index (κ1) is 18.9. The van der Waals surface area contributed by atoms with Crippen molar-refractivity contribution in [2.75, 3.05) is 6.54 Å². The summed E-state index contributed by atoms with van der Waals surface area (Å²) in [6.07, 6.45) is 7.31. The van der Waals surface area contributed by atoms with Gasteiger partial charge in [0.15, 0.2) is 0 Å². The highest BCUT2D eigenvalue weighted by Gasteiger charge is 2.20. The number of fused-ring (bicyclic) bond motifs is 2. The largest absolute Gasteiger partial charge is 0.373 e. The summed E-state index contributed by atoms with van der Waals surface area (Å²) < 4.78 is 3.44. The molecule has 1 aliphatic carbocycles. The lowest BCUT2D eigenvalue weighted by Gasteiger charge is -2.12. The van der Waals surface area contributed by atoms with Gasteiger partial charge in [0.05, 0.1) is 11.4 Å². The Balaban J connectivity index is 1.25. The van der Waals surface area contributed by atoms with Crippen LogP contribution < -0.4 is 16.2 Å². The third-order valence-electron chi connectivity index (χ3n) is 5.37. The summed E-state index contributed by atoms with van der Waals surface area (Å²) in [5.74, 6) is 0.861. The molecule has 3 N–H and O–H groups in total. The van der Waals surface area contributed by atoms with Crippen LogP contribution in [-0.2, 0) is 13.1 Å². The van der Waals surface area contributed by atoms with Crippen molar-refractivity contribution in [3.8, 4) is 0 Å². The average Bonchev–Trinajstić information content (AvgIpc) is 3.49. The molecule has 0 radical (unpaired) electrons. The van der Waals surface area contributed by atoms with E-state index in [1.165, 1.54) is 28.9 Å². The number of nitrogens with one attached hydrogen (secondary N) is 2. The van der Waals surface area contributed by atoms with Crippen LogP contribution in [0.3, 0.4) is 0 Å². The second-order valence-electron chi connectivity index (χ2n) is 7.84. The molecule has 1 atom stereocenters. The lowest BCUT2D eigenvalue weighted by atomic mass is 10.2. The van der Waals surface area contributed by atoms with Crippen LogP contribution in [0.25, 0.3) is 11.3 Å². The standard InChI is InChI=1S/C22H24N6O2/c29-21-9-18(26-20-3-1-2-8-28(20)21)22(30)24-12-17-14-27-13-16(6-7-19(27)25-17)11-23-10-15-4-5-15/h1-3,6-9,13-15,22-24,30H,4-5,10-12H2. The molecular weight excluding hydrogens is 380 g/mol. The van der Waals surface area contributed by atoms with Gasteiger partial charge in [-0.2, -0.15) is 0 Å². The molecule has 0 spiro atoms. The molecule has 30 heavy (non-hydrogen) atoms. The van der Waals surface area contributed by atoms with Gasteiger partial charge in [0.25, 0.3) is 5.56 Å². The monoisotopic (exact) mass is 404 g/mol. The van der Waals surface area contributed by atoms with E-state index < -0.39 is 6.23 Å². The Morgan fingerprint density at radius 1 is 1.10 bits per heavy atom. The highest BCUT2D eigenvalue weighted by Crippen LogP contribution is 2.27. The van der Waals surface area contributed by atoms with Crippen LogP contribution in [0.5, 0.6) is 0 Å². The summed E-state index contributed by atoms with van der Waals surface area (Å²) >= 11 is 0. The van der Waals surface area contributed by atoms with E-state index in [-0.39, 0.29) is 5.56 Å². The molecule has 1 fully saturated rings. The van der Waals surface area contributed by atoms with E-state index in [0.29, 0.717) is 17.9 Å². The molecule has 5 rings (SSSR count). The Hall–Kier alpha value is -3.07. The maximum absolute atomic E-state index is 12.2. The quantitative estimate of drug-likeness (QED) is 0.386. The Labute approximate surface area is 173 Å². The molecule has 0 aromatic carbocycles. The summed E-state index contributed by atoms with van der Waals surface area (Å²) in [7, 11) is 0. The second kappa shape index (κ2) is 7.98. The van der Waals surface area contributed by atoms with E-state index >= 15 is 0 Å². The van der Waals surface area contributed by atoms with Crippen molar-refractivity contribution in [3.05, 3.63) is 82.3 Å². The van der Waals surface area contributed by atoms with Gasteiger partial charge in [-0.05, 0) is 49.1 Å². The number of imidazole rings is 1. The smallest absolute Gasteiger partial charge is 0.258 e. The van der Waals surface area contributed by atoms with Crippen molar-refractivity contribution in [1.29, 1.82) is 0 Å². The third-order valence-corrected chi connectivity index (χ3v) is 5.37. The predicted octanol–water partition coefficient (Wildman–Crippen LogP) is 1.62. The highest BCUT2D eigenvalue weighted by molar-refractivity contribution is 5.41. The van der Waals surface area contributed by atoms with E-state index in [4.69, 9.17) is 0 Å². The summed E-state index contributed by atoms with van der Waals surface area (Å²) in [5.41, 5.74) is 3.42. The van der Waals surface area contributed by atoms with E-state index in [9.17, 15) is 9.90 Å². The van der Waals surface area contributed by atoms with Gasteiger partial charge in [0.2, 0.25) is 0 Å². The highest BCUT2D eigenvalue weighted by atomic mass is 16.3. The fourth-order valence-electron chi connectivity index (χ4n) is 3.54. The SMILES string of the molecule is O=c1cc(C(O)NCc2cn3cc(CNCC4CC4)ccc3n2)nc2ccccn12. The second-order valence-corrected chi connectivity index (χ2v) is 7.84. The fraction of sp³-hybridized carbons (Fsp3) is 0.318. The summed E-state index contributed by atoms with van der Waals surface area (Å²) in [6, 6.07) is 10.7. The number of aromatic nitrogens is 4.